The molecule has 2 saturated heterocycles. The highest BCUT2D eigenvalue weighted by atomic mass is 16.7. The number of anilines is 2. The SMILES string of the molecule is O=C(O)c1cnc(N(Cc2ccccc2)Cc2ccccc2)c2[nH]c(-c3ccccc3N3CCC4(CC3)OCCO4)cc12. The van der Waals surface area contributed by atoms with Gasteiger partial charge in [0, 0.05) is 67.5 Å². The molecule has 8 heteroatoms. The van der Waals surface area contributed by atoms with Crippen LogP contribution in [-0.2, 0) is 22.6 Å². The first-order valence-electron chi connectivity index (χ1n) is 14.8. The summed E-state index contributed by atoms with van der Waals surface area (Å²) in [6.45, 7) is 4.17. The third-order valence-electron chi connectivity index (χ3n) is 8.48. The second-order valence-electron chi connectivity index (χ2n) is 11.2. The number of aromatic amines is 1. The Morgan fingerprint density at radius 2 is 1.49 bits per heavy atom. The Balaban J connectivity index is 1.30. The maximum atomic E-state index is 12.4. The van der Waals surface area contributed by atoms with Gasteiger partial charge in [0.05, 0.1) is 24.3 Å². The predicted molar refractivity (Wildman–Crippen MR) is 167 cm³/mol. The lowest BCUT2D eigenvalue weighted by Gasteiger charge is -2.39. The van der Waals surface area contributed by atoms with Crippen molar-refractivity contribution < 1.29 is 19.4 Å². The fourth-order valence-corrected chi connectivity index (χ4v) is 6.32. The average Bonchev–Trinajstić information content (AvgIpc) is 3.69. The first-order valence-corrected chi connectivity index (χ1v) is 14.8. The number of fused-ring (bicyclic) bond motifs is 1. The second kappa shape index (κ2) is 11.6. The monoisotopic (exact) mass is 574 g/mol. The average molecular weight is 575 g/mol. The van der Waals surface area contributed by atoms with E-state index in [9.17, 15) is 9.90 Å². The number of hydrogen-bond acceptors (Lipinski definition) is 6. The van der Waals surface area contributed by atoms with E-state index in [0.29, 0.717) is 43.0 Å². The van der Waals surface area contributed by atoms with E-state index >= 15 is 0 Å². The molecule has 218 valence electrons. The van der Waals surface area contributed by atoms with Crippen LogP contribution in [0.5, 0.6) is 0 Å². The number of carbonyl (C=O) groups is 1. The molecule has 2 N–H and O–H groups in total. The van der Waals surface area contributed by atoms with E-state index in [-0.39, 0.29) is 5.56 Å². The van der Waals surface area contributed by atoms with Crippen LogP contribution in [0.3, 0.4) is 0 Å². The molecule has 0 bridgehead atoms. The molecule has 8 nitrogen and oxygen atoms in total. The smallest absolute Gasteiger partial charge is 0.337 e. The van der Waals surface area contributed by atoms with Gasteiger partial charge in [-0.25, -0.2) is 9.78 Å². The molecular weight excluding hydrogens is 540 g/mol. The van der Waals surface area contributed by atoms with Gasteiger partial charge in [0.1, 0.15) is 0 Å². The zero-order valence-corrected chi connectivity index (χ0v) is 23.9. The van der Waals surface area contributed by atoms with E-state index in [1.165, 1.54) is 6.20 Å². The molecule has 2 aromatic heterocycles. The fourth-order valence-electron chi connectivity index (χ4n) is 6.32. The first kappa shape index (κ1) is 27.2. The van der Waals surface area contributed by atoms with Crippen LogP contribution in [0.25, 0.3) is 22.2 Å². The molecule has 0 aliphatic carbocycles. The van der Waals surface area contributed by atoms with E-state index < -0.39 is 11.8 Å². The molecule has 0 unspecified atom stereocenters. The summed E-state index contributed by atoms with van der Waals surface area (Å²) < 4.78 is 11.9. The van der Waals surface area contributed by atoms with Crippen molar-refractivity contribution in [2.24, 2.45) is 0 Å². The predicted octanol–water partition coefficient (Wildman–Crippen LogP) is 6.48. The zero-order chi connectivity index (χ0) is 29.2. The van der Waals surface area contributed by atoms with Crippen molar-refractivity contribution in [1.29, 1.82) is 0 Å². The van der Waals surface area contributed by atoms with E-state index in [1.54, 1.807) is 0 Å². The number of nitrogens with zero attached hydrogens (tertiary/aromatic N) is 3. The minimum Gasteiger partial charge on any atom is -0.478 e. The minimum atomic E-state index is -1.00. The molecule has 4 heterocycles. The molecule has 1 spiro atoms. The maximum Gasteiger partial charge on any atom is 0.337 e. The van der Waals surface area contributed by atoms with Gasteiger partial charge in [-0.1, -0.05) is 78.9 Å². The summed E-state index contributed by atoms with van der Waals surface area (Å²) in [7, 11) is 0. The van der Waals surface area contributed by atoms with E-state index in [0.717, 1.165) is 54.0 Å². The van der Waals surface area contributed by atoms with Crippen molar-refractivity contribution in [1.82, 2.24) is 9.97 Å². The van der Waals surface area contributed by atoms with Gasteiger partial charge in [0.2, 0.25) is 0 Å². The van der Waals surface area contributed by atoms with Crippen molar-refractivity contribution in [2.45, 2.75) is 31.7 Å². The molecule has 43 heavy (non-hydrogen) atoms. The summed E-state index contributed by atoms with van der Waals surface area (Å²) in [6, 6.07) is 30.8. The number of piperidine rings is 1. The summed E-state index contributed by atoms with van der Waals surface area (Å²) in [5, 5.41) is 10.8. The number of benzene rings is 3. The highest BCUT2D eigenvalue weighted by Gasteiger charge is 2.40. The van der Waals surface area contributed by atoms with E-state index in [4.69, 9.17) is 14.5 Å². The Kier molecular flexibility index (Phi) is 7.30. The molecule has 2 aliphatic rings. The number of ether oxygens (including phenoxy) is 2. The topological polar surface area (TPSA) is 90.9 Å². The summed E-state index contributed by atoms with van der Waals surface area (Å²) in [5.74, 6) is -0.741. The zero-order valence-electron chi connectivity index (χ0n) is 23.9. The van der Waals surface area contributed by atoms with Crippen LogP contribution in [0.2, 0.25) is 0 Å². The lowest BCUT2D eigenvalue weighted by Crippen LogP contribution is -2.45. The molecule has 5 aromatic rings. The van der Waals surface area contributed by atoms with Gasteiger partial charge in [0.25, 0.3) is 0 Å². The van der Waals surface area contributed by atoms with Crippen molar-refractivity contribution >= 4 is 28.4 Å². The minimum absolute atomic E-state index is 0.175. The Morgan fingerprint density at radius 1 is 0.884 bits per heavy atom. The van der Waals surface area contributed by atoms with Crippen LogP contribution in [0.15, 0.2) is 97.2 Å². The molecule has 0 saturated carbocycles. The molecule has 0 radical (unpaired) electrons. The standard InChI is InChI=1S/C35H34N4O4/c40-34(41)29-22-36-33(39(23-25-9-3-1-4-10-25)24-26-11-5-2-6-12-26)32-28(29)21-30(37-32)27-13-7-8-14-31(27)38-17-15-35(16-18-38)42-19-20-43-35/h1-14,21-22,37H,15-20,23-24H2,(H,40,41). The third kappa shape index (κ3) is 5.47. The number of para-hydroxylation sites is 1. The third-order valence-corrected chi connectivity index (χ3v) is 8.48. The quantitative estimate of drug-likeness (QED) is 0.219. The molecule has 3 aromatic carbocycles. The number of H-pyrrole nitrogens is 1. The first-order chi connectivity index (χ1) is 21.1. The second-order valence-corrected chi connectivity index (χ2v) is 11.2. The Labute approximate surface area is 250 Å². The van der Waals surface area contributed by atoms with E-state index in [1.807, 2.05) is 54.6 Å². The van der Waals surface area contributed by atoms with Gasteiger partial charge >= 0.3 is 5.97 Å². The highest BCUT2D eigenvalue weighted by Crippen LogP contribution is 2.39. The summed E-state index contributed by atoms with van der Waals surface area (Å²) in [5.41, 5.74) is 6.14. The number of aromatic nitrogens is 2. The van der Waals surface area contributed by atoms with Crippen molar-refractivity contribution in [3.63, 3.8) is 0 Å². The highest BCUT2D eigenvalue weighted by molar-refractivity contribution is 6.07. The Morgan fingerprint density at radius 3 is 2.12 bits per heavy atom. The Bertz CT molecular complexity index is 1680. The number of hydrogen-bond donors (Lipinski definition) is 2. The number of carboxylic acids is 1. The fraction of sp³-hybridized carbons (Fsp3) is 0.257. The van der Waals surface area contributed by atoms with Gasteiger partial charge < -0.3 is 29.4 Å². The summed E-state index contributed by atoms with van der Waals surface area (Å²) in [6.07, 6.45) is 3.09. The number of aromatic carboxylic acids is 1. The number of rotatable bonds is 8. The van der Waals surface area contributed by atoms with Crippen LogP contribution >= 0.6 is 0 Å². The van der Waals surface area contributed by atoms with Gasteiger partial charge in [-0.2, -0.15) is 0 Å². The van der Waals surface area contributed by atoms with Crippen molar-refractivity contribution in [2.75, 3.05) is 36.1 Å². The largest absolute Gasteiger partial charge is 0.478 e. The molecule has 7 rings (SSSR count). The normalized spacial score (nSPS) is 16.1. The van der Waals surface area contributed by atoms with Crippen LogP contribution in [0.4, 0.5) is 11.5 Å². The Hall–Kier alpha value is -4.66. The maximum absolute atomic E-state index is 12.4. The van der Waals surface area contributed by atoms with Crippen LogP contribution in [0.1, 0.15) is 34.3 Å². The van der Waals surface area contributed by atoms with Crippen molar-refractivity contribution in [3.8, 4) is 11.3 Å². The summed E-state index contributed by atoms with van der Waals surface area (Å²) >= 11 is 0. The lowest BCUT2D eigenvalue weighted by molar-refractivity contribution is -0.169. The van der Waals surface area contributed by atoms with Gasteiger partial charge in [0.15, 0.2) is 11.6 Å². The van der Waals surface area contributed by atoms with Crippen LogP contribution in [-0.4, -0.2) is 53.1 Å². The molecule has 2 fully saturated rings. The lowest BCUT2D eigenvalue weighted by atomic mass is 10.0. The number of nitrogens with one attached hydrogen (secondary N) is 1. The van der Waals surface area contributed by atoms with Gasteiger partial charge in [-0.3, -0.25) is 0 Å². The van der Waals surface area contributed by atoms with Crippen LogP contribution < -0.4 is 9.80 Å². The number of carboxylic acid groups (broad SMARTS) is 1. The molecule has 0 atom stereocenters. The van der Waals surface area contributed by atoms with E-state index in [2.05, 4.69) is 51.2 Å². The molecular formula is C35H34N4O4. The molecule has 0 amide bonds. The van der Waals surface area contributed by atoms with Gasteiger partial charge in [-0.15, -0.1) is 0 Å². The number of pyridine rings is 1. The molecule has 2 aliphatic heterocycles. The summed E-state index contributed by atoms with van der Waals surface area (Å²) in [4.78, 5) is 25.3. The van der Waals surface area contributed by atoms with Gasteiger partial charge in [-0.05, 0) is 23.3 Å². The van der Waals surface area contributed by atoms with Crippen molar-refractivity contribution in [3.05, 3.63) is 114 Å². The van der Waals surface area contributed by atoms with Crippen LogP contribution in [0, 0.1) is 0 Å².